The summed E-state index contributed by atoms with van der Waals surface area (Å²) in [6, 6.07) is 12.7. The Morgan fingerprint density at radius 2 is 1.97 bits per heavy atom. The number of oxime groups is 1. The Kier molecular flexibility index (Phi) is 8.00. The normalized spacial score (nSPS) is 17.4. The molecule has 0 radical (unpaired) electrons. The first-order valence-electron chi connectivity index (χ1n) is 12.1. The molecule has 2 N–H and O–H groups in total. The number of carbonyl (C=O) groups is 1. The van der Waals surface area contributed by atoms with Gasteiger partial charge in [-0.1, -0.05) is 48.7 Å². The van der Waals surface area contributed by atoms with Crippen LogP contribution in [0.5, 0.6) is 5.75 Å². The Bertz CT molecular complexity index is 996. The molecule has 0 atom stereocenters. The predicted octanol–water partition coefficient (Wildman–Crippen LogP) is 5.31. The standard InChI is InChI=1S/C27H34N2O4/c1-19-15-21(8-9-23(19)22-5-3-2-4-6-22)18-33-29-25-12-14-32-26-16-20(7-10-24(25)26)17-28-13-11-27(30)31/h7-10,15-16,22,28H,2-6,11-14,17-18H2,1H3,(H,30,31)/b29-25+. The van der Waals surface area contributed by atoms with Gasteiger partial charge in [-0.05, 0) is 60.1 Å². The van der Waals surface area contributed by atoms with Crippen molar-refractivity contribution >= 4 is 11.7 Å². The molecule has 0 unspecified atom stereocenters. The van der Waals surface area contributed by atoms with Crippen molar-refractivity contribution in [2.24, 2.45) is 5.16 Å². The number of ether oxygens (including phenoxy) is 1. The molecular weight excluding hydrogens is 416 g/mol. The van der Waals surface area contributed by atoms with Gasteiger partial charge in [0.2, 0.25) is 0 Å². The van der Waals surface area contributed by atoms with Gasteiger partial charge >= 0.3 is 5.97 Å². The summed E-state index contributed by atoms with van der Waals surface area (Å²) < 4.78 is 5.83. The number of benzene rings is 2. The van der Waals surface area contributed by atoms with E-state index >= 15 is 0 Å². The molecule has 1 heterocycles. The minimum absolute atomic E-state index is 0.110. The Morgan fingerprint density at radius 3 is 2.76 bits per heavy atom. The molecule has 33 heavy (non-hydrogen) atoms. The maximum atomic E-state index is 10.6. The highest BCUT2D eigenvalue weighted by Crippen LogP contribution is 2.34. The average molecular weight is 451 g/mol. The fourth-order valence-electron chi connectivity index (χ4n) is 4.83. The number of nitrogens with zero attached hydrogens (tertiary/aromatic N) is 1. The number of nitrogens with one attached hydrogen (secondary N) is 1. The molecule has 0 amide bonds. The zero-order valence-corrected chi connectivity index (χ0v) is 19.4. The molecule has 0 bridgehead atoms. The van der Waals surface area contributed by atoms with E-state index in [0.29, 0.717) is 38.6 Å². The van der Waals surface area contributed by atoms with Crippen LogP contribution >= 0.6 is 0 Å². The van der Waals surface area contributed by atoms with Crippen molar-refractivity contribution in [3.05, 3.63) is 64.2 Å². The van der Waals surface area contributed by atoms with E-state index in [0.717, 1.165) is 28.2 Å². The molecule has 6 nitrogen and oxygen atoms in total. The van der Waals surface area contributed by atoms with Crippen LogP contribution in [0.25, 0.3) is 0 Å². The maximum absolute atomic E-state index is 10.6. The van der Waals surface area contributed by atoms with Crippen LogP contribution in [0.3, 0.4) is 0 Å². The molecule has 2 aromatic carbocycles. The monoisotopic (exact) mass is 450 g/mol. The molecule has 1 aliphatic heterocycles. The van der Waals surface area contributed by atoms with E-state index in [1.807, 2.05) is 18.2 Å². The second-order valence-corrected chi connectivity index (χ2v) is 9.09. The first-order chi connectivity index (χ1) is 16.1. The molecule has 0 saturated heterocycles. The summed E-state index contributed by atoms with van der Waals surface area (Å²) in [7, 11) is 0. The number of fused-ring (bicyclic) bond motifs is 1. The van der Waals surface area contributed by atoms with Crippen molar-refractivity contribution in [3.63, 3.8) is 0 Å². The van der Waals surface area contributed by atoms with Crippen LogP contribution in [0, 0.1) is 6.92 Å². The summed E-state index contributed by atoms with van der Waals surface area (Å²) in [6.07, 6.45) is 7.51. The van der Waals surface area contributed by atoms with Crippen LogP contribution in [0.4, 0.5) is 0 Å². The number of hydrogen-bond acceptors (Lipinski definition) is 5. The molecule has 2 aliphatic rings. The van der Waals surface area contributed by atoms with Gasteiger partial charge < -0.3 is 20.0 Å². The minimum Gasteiger partial charge on any atom is -0.492 e. The van der Waals surface area contributed by atoms with E-state index in [9.17, 15) is 4.79 Å². The Hall–Kier alpha value is -2.86. The molecule has 2 aromatic rings. The molecule has 6 heteroatoms. The maximum Gasteiger partial charge on any atom is 0.304 e. The summed E-state index contributed by atoms with van der Waals surface area (Å²) >= 11 is 0. The third kappa shape index (κ3) is 6.35. The highest BCUT2D eigenvalue weighted by Gasteiger charge is 2.19. The van der Waals surface area contributed by atoms with Crippen LogP contribution < -0.4 is 10.1 Å². The van der Waals surface area contributed by atoms with E-state index in [2.05, 4.69) is 35.6 Å². The van der Waals surface area contributed by atoms with Gasteiger partial charge in [-0.25, -0.2) is 0 Å². The SMILES string of the molecule is Cc1cc(CO/N=C2\CCOc3cc(CNCCC(=O)O)ccc32)ccc1C1CCCCC1. The Morgan fingerprint density at radius 1 is 1.15 bits per heavy atom. The van der Waals surface area contributed by atoms with Crippen molar-refractivity contribution in [1.82, 2.24) is 5.32 Å². The van der Waals surface area contributed by atoms with Gasteiger partial charge in [-0.3, -0.25) is 4.79 Å². The molecular formula is C27H34N2O4. The number of rotatable bonds is 9. The van der Waals surface area contributed by atoms with E-state index < -0.39 is 5.97 Å². The van der Waals surface area contributed by atoms with E-state index in [-0.39, 0.29) is 6.42 Å². The van der Waals surface area contributed by atoms with Crippen molar-refractivity contribution < 1.29 is 19.5 Å². The summed E-state index contributed by atoms with van der Waals surface area (Å²) in [5.41, 5.74) is 6.91. The van der Waals surface area contributed by atoms with Gasteiger partial charge in [0.05, 0.1) is 18.7 Å². The summed E-state index contributed by atoms with van der Waals surface area (Å²) in [6.45, 7) is 4.28. The first kappa shape index (κ1) is 23.3. The molecule has 0 spiro atoms. The summed E-state index contributed by atoms with van der Waals surface area (Å²) in [5, 5.41) is 16.3. The third-order valence-corrected chi connectivity index (χ3v) is 6.58. The van der Waals surface area contributed by atoms with Crippen molar-refractivity contribution in [2.75, 3.05) is 13.2 Å². The van der Waals surface area contributed by atoms with Gasteiger partial charge in [-0.2, -0.15) is 0 Å². The summed E-state index contributed by atoms with van der Waals surface area (Å²) in [4.78, 5) is 16.4. The molecule has 1 aliphatic carbocycles. The highest BCUT2D eigenvalue weighted by atomic mass is 16.6. The smallest absolute Gasteiger partial charge is 0.304 e. The van der Waals surface area contributed by atoms with Gasteiger partial charge in [-0.15, -0.1) is 0 Å². The van der Waals surface area contributed by atoms with Crippen molar-refractivity contribution in [3.8, 4) is 5.75 Å². The fraction of sp³-hybridized carbons (Fsp3) is 0.481. The van der Waals surface area contributed by atoms with Crippen LogP contribution in [0.2, 0.25) is 0 Å². The average Bonchev–Trinajstić information content (AvgIpc) is 2.82. The van der Waals surface area contributed by atoms with Crippen LogP contribution in [-0.4, -0.2) is 29.9 Å². The number of aliphatic carboxylic acids is 1. The number of hydrogen-bond donors (Lipinski definition) is 2. The third-order valence-electron chi connectivity index (χ3n) is 6.58. The molecule has 1 fully saturated rings. The number of carboxylic acid groups (broad SMARTS) is 1. The lowest BCUT2D eigenvalue weighted by atomic mass is 9.82. The molecule has 0 aromatic heterocycles. The number of carboxylic acids is 1. The first-order valence-corrected chi connectivity index (χ1v) is 12.1. The van der Waals surface area contributed by atoms with E-state index in [1.54, 1.807) is 0 Å². The summed E-state index contributed by atoms with van der Waals surface area (Å²) in [5.74, 6) is 0.714. The fourth-order valence-corrected chi connectivity index (χ4v) is 4.83. The lowest BCUT2D eigenvalue weighted by Crippen LogP contribution is -2.19. The second kappa shape index (κ2) is 11.3. The van der Waals surface area contributed by atoms with Crippen LogP contribution in [0.15, 0.2) is 41.6 Å². The lowest BCUT2D eigenvalue weighted by Gasteiger charge is -2.24. The zero-order valence-electron chi connectivity index (χ0n) is 19.4. The quantitative estimate of drug-likeness (QED) is 0.400. The molecule has 1 saturated carbocycles. The Labute approximate surface area is 196 Å². The Balaban J connectivity index is 1.34. The largest absolute Gasteiger partial charge is 0.492 e. The van der Waals surface area contributed by atoms with Crippen molar-refractivity contribution in [2.45, 2.75) is 70.9 Å². The predicted molar refractivity (Wildman–Crippen MR) is 129 cm³/mol. The zero-order chi connectivity index (χ0) is 23.0. The minimum atomic E-state index is -0.799. The molecule has 4 rings (SSSR count). The highest BCUT2D eigenvalue weighted by molar-refractivity contribution is 6.03. The number of aryl methyl sites for hydroxylation is 1. The van der Waals surface area contributed by atoms with Gasteiger partial charge in [0.1, 0.15) is 12.4 Å². The second-order valence-electron chi connectivity index (χ2n) is 9.09. The van der Waals surface area contributed by atoms with E-state index in [4.69, 9.17) is 14.7 Å². The van der Waals surface area contributed by atoms with E-state index in [1.165, 1.54) is 43.2 Å². The van der Waals surface area contributed by atoms with Gasteiger partial charge in [0, 0.05) is 25.1 Å². The topological polar surface area (TPSA) is 80.2 Å². The lowest BCUT2D eigenvalue weighted by molar-refractivity contribution is -0.136. The molecule has 176 valence electrons. The van der Waals surface area contributed by atoms with Crippen molar-refractivity contribution in [1.29, 1.82) is 0 Å². The van der Waals surface area contributed by atoms with Gasteiger partial charge in [0.25, 0.3) is 0 Å². The van der Waals surface area contributed by atoms with Crippen LogP contribution in [0.1, 0.15) is 78.7 Å². The van der Waals surface area contributed by atoms with Gasteiger partial charge in [0.15, 0.2) is 0 Å². The van der Waals surface area contributed by atoms with Crippen LogP contribution in [-0.2, 0) is 22.8 Å².